The Kier molecular flexibility index (Phi) is 5.85. The third-order valence-electron chi connectivity index (χ3n) is 5.43. The van der Waals surface area contributed by atoms with Crippen LogP contribution in [0.15, 0.2) is 29.1 Å². The molecule has 0 radical (unpaired) electrons. The van der Waals surface area contributed by atoms with Crippen molar-refractivity contribution >= 4 is 16.8 Å². The third kappa shape index (κ3) is 4.69. The molecule has 0 unspecified atom stereocenters. The van der Waals surface area contributed by atoms with Crippen molar-refractivity contribution in [3.8, 4) is 5.75 Å². The average molecular weight is 371 g/mol. The SMILES string of the molecule is COc1ccc2[nH]c(=O)c(CCC(=O)NCC(C)(C)N3CCCC3)cc2c1. The maximum atomic E-state index is 12.3. The summed E-state index contributed by atoms with van der Waals surface area (Å²) in [7, 11) is 1.61. The van der Waals surface area contributed by atoms with Gasteiger partial charge in [0.05, 0.1) is 7.11 Å². The topological polar surface area (TPSA) is 74.4 Å². The quantitative estimate of drug-likeness (QED) is 0.784. The van der Waals surface area contributed by atoms with E-state index in [0.717, 1.165) is 29.7 Å². The van der Waals surface area contributed by atoms with Crippen LogP contribution in [-0.4, -0.2) is 48.1 Å². The summed E-state index contributed by atoms with van der Waals surface area (Å²) in [4.78, 5) is 29.9. The number of nitrogens with one attached hydrogen (secondary N) is 2. The number of aromatic nitrogens is 1. The number of amides is 1. The highest BCUT2D eigenvalue weighted by molar-refractivity contribution is 5.81. The molecule has 1 aliphatic rings. The van der Waals surface area contributed by atoms with Crippen molar-refractivity contribution in [2.45, 2.75) is 45.1 Å². The molecular formula is C21H29N3O3. The fraction of sp³-hybridized carbons (Fsp3) is 0.524. The molecule has 0 bridgehead atoms. The molecule has 2 aromatic rings. The number of aromatic amines is 1. The molecule has 3 rings (SSSR count). The lowest BCUT2D eigenvalue weighted by Gasteiger charge is -2.35. The van der Waals surface area contributed by atoms with Crippen molar-refractivity contribution in [2.24, 2.45) is 0 Å². The molecule has 1 aliphatic heterocycles. The molecule has 27 heavy (non-hydrogen) atoms. The summed E-state index contributed by atoms with van der Waals surface area (Å²) >= 11 is 0. The number of benzene rings is 1. The Bertz CT molecular complexity index is 867. The van der Waals surface area contributed by atoms with E-state index in [0.29, 0.717) is 24.9 Å². The van der Waals surface area contributed by atoms with Crippen LogP contribution in [-0.2, 0) is 11.2 Å². The summed E-state index contributed by atoms with van der Waals surface area (Å²) in [5, 5.41) is 3.93. The fourth-order valence-corrected chi connectivity index (χ4v) is 3.63. The largest absolute Gasteiger partial charge is 0.497 e. The zero-order chi connectivity index (χ0) is 19.4. The van der Waals surface area contributed by atoms with Crippen LogP contribution < -0.4 is 15.6 Å². The lowest BCUT2D eigenvalue weighted by Crippen LogP contribution is -2.50. The van der Waals surface area contributed by atoms with Crippen LogP contribution in [0.25, 0.3) is 10.9 Å². The maximum absolute atomic E-state index is 12.3. The van der Waals surface area contributed by atoms with Crippen molar-refractivity contribution in [3.05, 3.63) is 40.2 Å². The molecule has 2 heterocycles. The summed E-state index contributed by atoms with van der Waals surface area (Å²) in [5.74, 6) is 0.717. The first-order valence-corrected chi connectivity index (χ1v) is 9.61. The van der Waals surface area contributed by atoms with Gasteiger partial charge in [0.1, 0.15) is 5.75 Å². The third-order valence-corrected chi connectivity index (χ3v) is 5.43. The number of H-pyrrole nitrogens is 1. The summed E-state index contributed by atoms with van der Waals surface area (Å²) in [6.07, 6.45) is 3.17. The average Bonchev–Trinajstić information content (AvgIpc) is 3.20. The van der Waals surface area contributed by atoms with E-state index in [2.05, 4.69) is 29.0 Å². The van der Waals surface area contributed by atoms with Crippen molar-refractivity contribution in [1.82, 2.24) is 15.2 Å². The fourth-order valence-electron chi connectivity index (χ4n) is 3.63. The van der Waals surface area contributed by atoms with Crippen molar-refractivity contribution in [2.75, 3.05) is 26.7 Å². The van der Waals surface area contributed by atoms with E-state index >= 15 is 0 Å². The first-order valence-electron chi connectivity index (χ1n) is 9.61. The number of hydrogen-bond acceptors (Lipinski definition) is 4. The van der Waals surface area contributed by atoms with E-state index in [-0.39, 0.29) is 17.0 Å². The zero-order valence-corrected chi connectivity index (χ0v) is 16.4. The van der Waals surface area contributed by atoms with Gasteiger partial charge in [0, 0.05) is 35.0 Å². The van der Waals surface area contributed by atoms with Crippen LogP contribution in [0.2, 0.25) is 0 Å². The molecule has 6 nitrogen and oxygen atoms in total. The number of fused-ring (bicyclic) bond motifs is 1. The molecule has 0 atom stereocenters. The van der Waals surface area contributed by atoms with E-state index in [4.69, 9.17) is 4.74 Å². The van der Waals surface area contributed by atoms with Gasteiger partial charge in [-0.2, -0.15) is 0 Å². The van der Waals surface area contributed by atoms with Gasteiger partial charge in [0.25, 0.3) is 5.56 Å². The normalized spacial score (nSPS) is 15.2. The number of ether oxygens (including phenoxy) is 1. The van der Waals surface area contributed by atoms with E-state index in [1.807, 2.05) is 24.3 Å². The molecule has 1 aromatic heterocycles. The van der Waals surface area contributed by atoms with Gasteiger partial charge in [0.2, 0.25) is 5.91 Å². The molecule has 1 aromatic carbocycles. The Morgan fingerprint density at radius 3 is 2.70 bits per heavy atom. The summed E-state index contributed by atoms with van der Waals surface area (Å²) in [5.41, 5.74) is 1.20. The van der Waals surface area contributed by atoms with Crippen LogP contribution in [0.1, 0.15) is 38.7 Å². The highest BCUT2D eigenvalue weighted by atomic mass is 16.5. The number of carbonyl (C=O) groups is 1. The number of methoxy groups -OCH3 is 1. The van der Waals surface area contributed by atoms with Gasteiger partial charge in [0.15, 0.2) is 0 Å². The van der Waals surface area contributed by atoms with Gasteiger partial charge < -0.3 is 15.0 Å². The summed E-state index contributed by atoms with van der Waals surface area (Å²) in [6, 6.07) is 7.37. The standard InChI is InChI=1S/C21H29N3O3/c1-21(2,24-10-4-5-11-24)14-22-19(25)9-6-15-12-16-13-17(27-3)7-8-18(16)23-20(15)26/h7-8,12-13H,4-6,9-11,14H2,1-3H3,(H,22,25)(H,23,26). The van der Waals surface area contributed by atoms with Gasteiger partial charge in [-0.15, -0.1) is 0 Å². The van der Waals surface area contributed by atoms with Crippen LogP contribution in [0, 0.1) is 0 Å². The number of pyridine rings is 1. The second-order valence-electron chi connectivity index (χ2n) is 7.86. The number of hydrogen-bond donors (Lipinski definition) is 2. The highest BCUT2D eigenvalue weighted by Crippen LogP contribution is 2.21. The summed E-state index contributed by atoms with van der Waals surface area (Å²) < 4.78 is 5.24. The van der Waals surface area contributed by atoms with Crippen LogP contribution in [0.3, 0.4) is 0 Å². The lowest BCUT2D eigenvalue weighted by atomic mass is 10.0. The van der Waals surface area contributed by atoms with E-state index in [1.165, 1.54) is 12.8 Å². The predicted molar refractivity (Wildman–Crippen MR) is 107 cm³/mol. The predicted octanol–water partition coefficient (Wildman–Crippen LogP) is 2.46. The molecule has 1 saturated heterocycles. The minimum atomic E-state index is -0.141. The minimum Gasteiger partial charge on any atom is -0.497 e. The minimum absolute atomic E-state index is 0.0209. The molecule has 146 valence electrons. The van der Waals surface area contributed by atoms with Crippen LogP contribution in [0.4, 0.5) is 0 Å². The lowest BCUT2D eigenvalue weighted by molar-refractivity contribution is -0.121. The zero-order valence-electron chi connectivity index (χ0n) is 16.4. The smallest absolute Gasteiger partial charge is 0.251 e. The van der Waals surface area contributed by atoms with Gasteiger partial charge in [-0.05, 0) is 70.5 Å². The summed E-state index contributed by atoms with van der Waals surface area (Å²) in [6.45, 7) is 7.15. The number of likely N-dealkylation sites (tertiary alicyclic amines) is 1. The Morgan fingerprint density at radius 2 is 2.00 bits per heavy atom. The number of nitrogens with zero attached hydrogens (tertiary/aromatic N) is 1. The molecule has 1 fully saturated rings. The number of carbonyl (C=O) groups excluding carboxylic acids is 1. The van der Waals surface area contributed by atoms with Crippen molar-refractivity contribution in [3.63, 3.8) is 0 Å². The Balaban J connectivity index is 1.59. The van der Waals surface area contributed by atoms with Crippen LogP contribution >= 0.6 is 0 Å². The van der Waals surface area contributed by atoms with Gasteiger partial charge in [-0.1, -0.05) is 0 Å². The Hall–Kier alpha value is -2.34. The van der Waals surface area contributed by atoms with Crippen molar-refractivity contribution < 1.29 is 9.53 Å². The molecule has 1 amide bonds. The van der Waals surface area contributed by atoms with Crippen LogP contribution in [0.5, 0.6) is 5.75 Å². The second kappa shape index (κ2) is 8.13. The first kappa shape index (κ1) is 19.4. The molecule has 0 aliphatic carbocycles. The van der Waals surface area contributed by atoms with Gasteiger partial charge in [-0.25, -0.2) is 0 Å². The first-order chi connectivity index (χ1) is 12.9. The molecular weight excluding hydrogens is 342 g/mol. The Labute approximate surface area is 159 Å². The molecule has 0 saturated carbocycles. The molecule has 2 N–H and O–H groups in total. The second-order valence-corrected chi connectivity index (χ2v) is 7.86. The monoisotopic (exact) mass is 371 g/mol. The number of aryl methyl sites for hydroxylation is 1. The maximum Gasteiger partial charge on any atom is 0.251 e. The highest BCUT2D eigenvalue weighted by Gasteiger charge is 2.29. The Morgan fingerprint density at radius 1 is 1.26 bits per heavy atom. The molecule has 0 spiro atoms. The number of rotatable bonds is 7. The van der Waals surface area contributed by atoms with Gasteiger partial charge in [-0.3, -0.25) is 14.5 Å². The van der Waals surface area contributed by atoms with Gasteiger partial charge >= 0.3 is 0 Å². The van der Waals surface area contributed by atoms with Crippen molar-refractivity contribution in [1.29, 1.82) is 0 Å². The van der Waals surface area contributed by atoms with E-state index in [1.54, 1.807) is 7.11 Å². The van der Waals surface area contributed by atoms with E-state index in [9.17, 15) is 9.59 Å². The molecule has 6 heteroatoms. The van der Waals surface area contributed by atoms with E-state index < -0.39 is 0 Å².